The first-order chi connectivity index (χ1) is 13.0. The number of hydrogen-bond acceptors (Lipinski definition) is 3. The summed E-state index contributed by atoms with van der Waals surface area (Å²) < 4.78 is 12.5. The molecule has 0 aromatic rings. The molecule has 4 heteroatoms. The first-order valence-electron chi connectivity index (χ1n) is 11.2. The number of allylic oxidation sites excluding steroid dienone is 1. The molecular weight excluding hydrogens is 338 g/mol. The lowest BCUT2D eigenvalue weighted by atomic mass is 9.53. The van der Waals surface area contributed by atoms with Crippen LogP contribution >= 0.6 is 0 Å². The number of rotatable bonds is 3. The molecule has 4 aliphatic rings. The predicted molar refractivity (Wildman–Crippen MR) is 107 cm³/mol. The fourth-order valence-electron chi connectivity index (χ4n) is 6.69. The Kier molecular flexibility index (Phi) is 5.30. The number of amides is 1. The van der Waals surface area contributed by atoms with Crippen LogP contribution in [0.5, 0.6) is 0 Å². The van der Waals surface area contributed by atoms with Crippen LogP contribution in [0.3, 0.4) is 0 Å². The highest BCUT2D eigenvalue weighted by molar-refractivity contribution is 5.67. The number of hydrogen-bond donors (Lipinski definition) is 1. The highest BCUT2D eigenvalue weighted by Gasteiger charge is 2.60. The van der Waals surface area contributed by atoms with Crippen LogP contribution < -0.4 is 5.32 Å². The van der Waals surface area contributed by atoms with Gasteiger partial charge in [-0.05, 0) is 44.4 Å². The number of alkyl carbamates (subject to hydrolysis) is 1. The second-order valence-corrected chi connectivity index (χ2v) is 9.81. The van der Waals surface area contributed by atoms with Gasteiger partial charge in [0.15, 0.2) is 0 Å². The molecule has 2 bridgehead atoms. The summed E-state index contributed by atoms with van der Waals surface area (Å²) in [7, 11) is 0. The second-order valence-electron chi connectivity index (χ2n) is 9.81. The fourth-order valence-corrected chi connectivity index (χ4v) is 6.69. The molecule has 1 amide bonds. The Morgan fingerprint density at radius 1 is 1.19 bits per heavy atom. The van der Waals surface area contributed by atoms with Crippen LogP contribution in [0.25, 0.3) is 0 Å². The average molecular weight is 376 g/mol. The van der Waals surface area contributed by atoms with Gasteiger partial charge in [0, 0.05) is 17.4 Å². The summed E-state index contributed by atoms with van der Waals surface area (Å²) in [6.07, 6.45) is 13.0. The lowest BCUT2D eigenvalue weighted by Gasteiger charge is -2.59. The van der Waals surface area contributed by atoms with Crippen LogP contribution in [-0.4, -0.2) is 30.9 Å². The third-order valence-corrected chi connectivity index (χ3v) is 8.36. The summed E-state index contributed by atoms with van der Waals surface area (Å²) in [6, 6.07) is 0.296. The third kappa shape index (κ3) is 3.32. The Balaban J connectivity index is 1.45. The van der Waals surface area contributed by atoms with E-state index in [0.717, 1.165) is 12.8 Å². The monoisotopic (exact) mass is 375 g/mol. The van der Waals surface area contributed by atoms with Crippen LogP contribution in [0, 0.1) is 23.2 Å². The van der Waals surface area contributed by atoms with Gasteiger partial charge in [-0.15, -0.1) is 0 Å². The SMILES string of the molecule is CC1=C[C@@H](C)[C@@]2(COC(=O)NC3CCCCC3)COC3(CCCC3)[C@H]1[C@H]2C. The largest absolute Gasteiger partial charge is 0.449 e. The van der Waals surface area contributed by atoms with Crippen LogP contribution in [0.4, 0.5) is 4.79 Å². The Bertz CT molecular complexity index is 588. The van der Waals surface area contributed by atoms with E-state index < -0.39 is 0 Å². The van der Waals surface area contributed by atoms with E-state index in [2.05, 4.69) is 32.2 Å². The van der Waals surface area contributed by atoms with E-state index in [4.69, 9.17) is 9.47 Å². The molecule has 1 aliphatic heterocycles. The van der Waals surface area contributed by atoms with Crippen molar-refractivity contribution in [2.45, 2.75) is 90.2 Å². The van der Waals surface area contributed by atoms with Crippen molar-refractivity contribution in [1.82, 2.24) is 5.32 Å². The van der Waals surface area contributed by atoms with Gasteiger partial charge in [0.05, 0.1) is 12.2 Å². The van der Waals surface area contributed by atoms with Gasteiger partial charge in [-0.1, -0.05) is 57.6 Å². The highest BCUT2D eigenvalue weighted by atomic mass is 16.6. The topological polar surface area (TPSA) is 47.6 Å². The van der Waals surface area contributed by atoms with E-state index in [1.165, 1.54) is 50.5 Å². The molecule has 1 N–H and O–H groups in total. The molecule has 0 aromatic carbocycles. The molecule has 0 radical (unpaired) electrons. The smallest absolute Gasteiger partial charge is 0.407 e. The lowest BCUT2D eigenvalue weighted by Crippen LogP contribution is -2.61. The van der Waals surface area contributed by atoms with Crippen LogP contribution in [0.1, 0.15) is 78.6 Å². The number of carbonyl (C=O) groups excluding carboxylic acids is 1. The van der Waals surface area contributed by atoms with E-state index in [-0.39, 0.29) is 17.1 Å². The Morgan fingerprint density at radius 2 is 1.89 bits per heavy atom. The summed E-state index contributed by atoms with van der Waals surface area (Å²) in [4.78, 5) is 12.4. The molecule has 4 rings (SSSR count). The van der Waals surface area contributed by atoms with Crippen LogP contribution in [0.15, 0.2) is 11.6 Å². The van der Waals surface area contributed by atoms with Gasteiger partial charge in [0.2, 0.25) is 0 Å². The summed E-state index contributed by atoms with van der Waals surface area (Å²) >= 11 is 0. The standard InChI is InChI=1S/C23H37NO3/c1-16-13-17(2)22(14-26-21(25)24-19-9-5-4-6-10-19)15-27-23(11-7-8-12-23)20(16)18(22)3/h13,17-20H,4-12,14-15H2,1-3H3,(H,24,25)/t17-,18-,20-,22-/m1/s1. The minimum atomic E-state index is -0.236. The molecule has 0 aromatic heterocycles. The molecule has 1 spiro atoms. The molecular formula is C23H37NO3. The molecule has 1 saturated heterocycles. The van der Waals surface area contributed by atoms with Gasteiger partial charge >= 0.3 is 6.09 Å². The zero-order valence-corrected chi connectivity index (χ0v) is 17.4. The molecule has 27 heavy (non-hydrogen) atoms. The van der Waals surface area contributed by atoms with Crippen molar-refractivity contribution >= 4 is 6.09 Å². The van der Waals surface area contributed by atoms with E-state index in [1.54, 1.807) is 0 Å². The van der Waals surface area contributed by atoms with Crippen molar-refractivity contribution < 1.29 is 14.3 Å². The van der Waals surface area contributed by atoms with Crippen molar-refractivity contribution in [3.63, 3.8) is 0 Å². The summed E-state index contributed by atoms with van der Waals surface area (Å²) in [6.45, 7) is 8.11. The molecule has 2 saturated carbocycles. The summed E-state index contributed by atoms with van der Waals surface area (Å²) in [5.41, 5.74) is 1.43. The van der Waals surface area contributed by atoms with Gasteiger partial charge < -0.3 is 14.8 Å². The number of ether oxygens (including phenoxy) is 2. The maximum absolute atomic E-state index is 12.4. The Morgan fingerprint density at radius 3 is 2.59 bits per heavy atom. The normalized spacial score (nSPS) is 38.5. The molecule has 3 aliphatic carbocycles. The van der Waals surface area contributed by atoms with Gasteiger partial charge in [0.25, 0.3) is 0 Å². The first kappa shape index (κ1) is 19.3. The zero-order valence-electron chi connectivity index (χ0n) is 17.4. The first-order valence-corrected chi connectivity index (χ1v) is 11.2. The minimum absolute atomic E-state index is 0.0357. The van der Waals surface area contributed by atoms with Crippen molar-refractivity contribution in [3.05, 3.63) is 11.6 Å². The van der Waals surface area contributed by atoms with Gasteiger partial charge in [0.1, 0.15) is 6.61 Å². The molecule has 1 heterocycles. The van der Waals surface area contributed by atoms with Crippen molar-refractivity contribution in [1.29, 1.82) is 0 Å². The average Bonchev–Trinajstić information content (AvgIpc) is 3.10. The van der Waals surface area contributed by atoms with Crippen molar-refractivity contribution in [2.24, 2.45) is 23.2 Å². The maximum Gasteiger partial charge on any atom is 0.407 e. The molecule has 0 unspecified atom stereocenters. The van der Waals surface area contributed by atoms with E-state index in [1.807, 2.05) is 0 Å². The predicted octanol–water partition coefficient (Wildman–Crippen LogP) is 5.22. The van der Waals surface area contributed by atoms with Gasteiger partial charge in [-0.3, -0.25) is 0 Å². The molecule has 3 fully saturated rings. The van der Waals surface area contributed by atoms with Crippen LogP contribution in [0.2, 0.25) is 0 Å². The van der Waals surface area contributed by atoms with E-state index in [9.17, 15) is 4.79 Å². The second kappa shape index (κ2) is 7.42. The summed E-state index contributed by atoms with van der Waals surface area (Å²) in [5, 5.41) is 3.10. The molecule has 152 valence electrons. The molecule has 4 nitrogen and oxygen atoms in total. The number of nitrogens with one attached hydrogen (secondary N) is 1. The maximum atomic E-state index is 12.4. The summed E-state index contributed by atoms with van der Waals surface area (Å²) in [5.74, 6) is 1.31. The number of fused-ring (bicyclic) bond motifs is 3. The van der Waals surface area contributed by atoms with Gasteiger partial charge in [-0.25, -0.2) is 4.79 Å². The highest BCUT2D eigenvalue weighted by Crippen LogP contribution is 2.59. The lowest BCUT2D eigenvalue weighted by molar-refractivity contribution is -0.212. The van der Waals surface area contributed by atoms with Crippen molar-refractivity contribution in [2.75, 3.05) is 13.2 Å². The quantitative estimate of drug-likeness (QED) is 0.688. The van der Waals surface area contributed by atoms with Crippen LogP contribution in [-0.2, 0) is 9.47 Å². The fraction of sp³-hybridized carbons (Fsp3) is 0.870. The van der Waals surface area contributed by atoms with E-state index >= 15 is 0 Å². The van der Waals surface area contributed by atoms with Gasteiger partial charge in [-0.2, -0.15) is 0 Å². The Hall–Kier alpha value is -1.03. The minimum Gasteiger partial charge on any atom is -0.449 e. The Labute approximate surface area is 164 Å². The third-order valence-electron chi connectivity index (χ3n) is 8.36. The van der Waals surface area contributed by atoms with Crippen molar-refractivity contribution in [3.8, 4) is 0 Å². The zero-order chi connectivity index (χ0) is 19.1. The molecule has 4 atom stereocenters. The number of carbonyl (C=O) groups is 1. The van der Waals surface area contributed by atoms with E-state index in [0.29, 0.717) is 37.0 Å².